The van der Waals surface area contributed by atoms with Crippen LogP contribution in [-0.4, -0.2) is 49.0 Å². The normalized spacial score (nSPS) is 15.3. The SMILES string of the molecule is Nc1ncc(-c2ccc3ncc4ncn(CCN5CCCC5)c4c3n2)cc1C(F)(F)F. The van der Waals surface area contributed by atoms with Crippen molar-refractivity contribution in [2.45, 2.75) is 25.6 Å². The molecule has 1 fully saturated rings. The molecule has 1 aliphatic rings. The highest BCUT2D eigenvalue weighted by molar-refractivity contribution is 6.00. The molecule has 1 saturated heterocycles. The van der Waals surface area contributed by atoms with Gasteiger partial charge in [-0.3, -0.25) is 4.98 Å². The van der Waals surface area contributed by atoms with Crippen LogP contribution in [0.25, 0.3) is 33.3 Å². The Morgan fingerprint density at radius 2 is 1.77 bits per heavy atom. The lowest BCUT2D eigenvalue weighted by Gasteiger charge is -2.15. The predicted molar refractivity (Wildman–Crippen MR) is 111 cm³/mol. The molecule has 31 heavy (non-hydrogen) atoms. The largest absolute Gasteiger partial charge is 0.419 e. The minimum atomic E-state index is -4.59. The Morgan fingerprint density at radius 1 is 0.968 bits per heavy atom. The highest BCUT2D eigenvalue weighted by Gasteiger charge is 2.34. The average molecular weight is 427 g/mol. The van der Waals surface area contributed by atoms with E-state index in [0.29, 0.717) is 22.2 Å². The third-order valence-electron chi connectivity index (χ3n) is 5.67. The van der Waals surface area contributed by atoms with E-state index < -0.39 is 17.6 Å². The van der Waals surface area contributed by atoms with E-state index in [1.165, 1.54) is 19.0 Å². The van der Waals surface area contributed by atoms with Gasteiger partial charge in [-0.15, -0.1) is 0 Å². The van der Waals surface area contributed by atoms with Gasteiger partial charge < -0.3 is 15.2 Å². The van der Waals surface area contributed by atoms with Crippen LogP contribution in [0, 0.1) is 0 Å². The molecule has 5 rings (SSSR count). The molecule has 0 aromatic carbocycles. The van der Waals surface area contributed by atoms with E-state index in [-0.39, 0.29) is 5.56 Å². The molecule has 0 spiro atoms. The van der Waals surface area contributed by atoms with Crippen LogP contribution in [0.3, 0.4) is 0 Å². The molecular weight excluding hydrogens is 407 g/mol. The minimum absolute atomic E-state index is 0.239. The first-order valence-corrected chi connectivity index (χ1v) is 10.1. The summed E-state index contributed by atoms with van der Waals surface area (Å²) >= 11 is 0. The number of nitrogen functional groups attached to an aromatic ring is 1. The first kappa shape index (κ1) is 19.7. The topological polar surface area (TPSA) is 85.8 Å². The fourth-order valence-corrected chi connectivity index (χ4v) is 4.04. The van der Waals surface area contributed by atoms with Crippen molar-refractivity contribution in [1.82, 2.24) is 29.4 Å². The van der Waals surface area contributed by atoms with E-state index in [1.807, 2.05) is 4.57 Å². The molecule has 5 heterocycles. The number of hydrogen-bond acceptors (Lipinski definition) is 6. The Morgan fingerprint density at radius 3 is 2.55 bits per heavy atom. The maximum atomic E-state index is 13.3. The van der Waals surface area contributed by atoms with Gasteiger partial charge in [0, 0.05) is 24.8 Å². The monoisotopic (exact) mass is 427 g/mol. The Kier molecular flexibility index (Phi) is 4.73. The van der Waals surface area contributed by atoms with Crippen LogP contribution < -0.4 is 5.73 Å². The second kappa shape index (κ2) is 7.45. The standard InChI is InChI=1S/C21H20F3N7/c22-21(23,24)14-9-13(10-27-20(14)25)15-3-4-16-18(29-15)19-17(11-26-16)28-12-31(19)8-7-30-5-1-2-6-30/h3-4,9-12H,1-2,5-8H2,(H2,25,27). The molecule has 10 heteroatoms. The van der Waals surface area contributed by atoms with Gasteiger partial charge in [-0.25, -0.2) is 15.0 Å². The summed E-state index contributed by atoms with van der Waals surface area (Å²) in [4.78, 5) is 19.6. The minimum Gasteiger partial charge on any atom is -0.383 e. The quantitative estimate of drug-likeness (QED) is 0.534. The number of fused-ring (bicyclic) bond motifs is 3. The smallest absolute Gasteiger partial charge is 0.383 e. The zero-order valence-electron chi connectivity index (χ0n) is 16.6. The van der Waals surface area contributed by atoms with Crippen molar-refractivity contribution in [1.29, 1.82) is 0 Å². The first-order valence-electron chi connectivity index (χ1n) is 10.1. The molecule has 0 radical (unpaired) electrons. The van der Waals surface area contributed by atoms with Gasteiger partial charge in [0.25, 0.3) is 0 Å². The predicted octanol–water partition coefficient (Wildman–Crippen LogP) is 3.74. The molecule has 7 nitrogen and oxygen atoms in total. The van der Waals surface area contributed by atoms with Crippen LogP contribution in [0.1, 0.15) is 18.4 Å². The van der Waals surface area contributed by atoms with E-state index in [9.17, 15) is 13.2 Å². The summed E-state index contributed by atoms with van der Waals surface area (Å²) in [5, 5.41) is 0. The number of rotatable bonds is 4. The molecule has 4 aromatic rings. The average Bonchev–Trinajstić information content (AvgIpc) is 3.41. The van der Waals surface area contributed by atoms with Gasteiger partial charge in [-0.1, -0.05) is 0 Å². The third-order valence-corrected chi connectivity index (χ3v) is 5.67. The van der Waals surface area contributed by atoms with E-state index in [0.717, 1.165) is 37.8 Å². The highest BCUT2D eigenvalue weighted by atomic mass is 19.4. The van der Waals surface area contributed by atoms with Gasteiger partial charge >= 0.3 is 6.18 Å². The lowest BCUT2D eigenvalue weighted by molar-refractivity contribution is -0.137. The van der Waals surface area contributed by atoms with Crippen molar-refractivity contribution in [2.75, 3.05) is 25.4 Å². The number of aromatic nitrogens is 5. The van der Waals surface area contributed by atoms with Crippen LogP contribution in [-0.2, 0) is 12.7 Å². The highest BCUT2D eigenvalue weighted by Crippen LogP contribution is 2.35. The zero-order chi connectivity index (χ0) is 21.6. The Labute approximate surface area is 175 Å². The van der Waals surface area contributed by atoms with Crippen molar-refractivity contribution in [3.63, 3.8) is 0 Å². The molecule has 0 saturated carbocycles. The van der Waals surface area contributed by atoms with Crippen molar-refractivity contribution >= 4 is 27.9 Å². The number of nitrogens with zero attached hydrogens (tertiary/aromatic N) is 6. The van der Waals surface area contributed by atoms with Gasteiger partial charge in [-0.05, 0) is 44.1 Å². The Balaban J connectivity index is 1.58. The lowest BCUT2D eigenvalue weighted by Crippen LogP contribution is -2.23. The van der Waals surface area contributed by atoms with Crippen molar-refractivity contribution < 1.29 is 13.2 Å². The zero-order valence-corrected chi connectivity index (χ0v) is 16.6. The number of imidazole rings is 1. The molecule has 0 aliphatic carbocycles. The second-order valence-corrected chi connectivity index (χ2v) is 7.70. The van der Waals surface area contributed by atoms with E-state index in [4.69, 9.17) is 5.73 Å². The van der Waals surface area contributed by atoms with E-state index in [1.54, 1.807) is 24.7 Å². The van der Waals surface area contributed by atoms with Crippen LogP contribution >= 0.6 is 0 Å². The number of anilines is 1. The summed E-state index contributed by atoms with van der Waals surface area (Å²) in [6, 6.07) is 4.37. The number of hydrogen-bond donors (Lipinski definition) is 1. The molecular formula is C21H20F3N7. The molecule has 160 valence electrons. The summed E-state index contributed by atoms with van der Waals surface area (Å²) in [5.74, 6) is -0.555. The van der Waals surface area contributed by atoms with Gasteiger partial charge in [0.05, 0.1) is 34.8 Å². The maximum absolute atomic E-state index is 13.3. The lowest BCUT2D eigenvalue weighted by atomic mass is 10.1. The Bertz CT molecular complexity index is 1260. The van der Waals surface area contributed by atoms with Crippen molar-refractivity contribution in [2.24, 2.45) is 0 Å². The summed E-state index contributed by atoms with van der Waals surface area (Å²) in [6.45, 7) is 3.86. The summed E-state index contributed by atoms with van der Waals surface area (Å²) in [6.07, 6.45) is 2.61. The summed E-state index contributed by atoms with van der Waals surface area (Å²) in [7, 11) is 0. The molecule has 0 amide bonds. The van der Waals surface area contributed by atoms with Crippen LogP contribution in [0.2, 0.25) is 0 Å². The number of alkyl halides is 3. The number of halogens is 3. The molecule has 0 atom stereocenters. The molecule has 2 N–H and O–H groups in total. The second-order valence-electron chi connectivity index (χ2n) is 7.70. The number of likely N-dealkylation sites (tertiary alicyclic amines) is 1. The molecule has 0 bridgehead atoms. The summed E-state index contributed by atoms with van der Waals surface area (Å²) < 4.78 is 41.8. The van der Waals surface area contributed by atoms with Crippen LogP contribution in [0.4, 0.5) is 19.0 Å². The molecule has 0 unspecified atom stereocenters. The van der Waals surface area contributed by atoms with Crippen molar-refractivity contribution in [3.8, 4) is 11.3 Å². The third kappa shape index (κ3) is 3.67. The van der Waals surface area contributed by atoms with Crippen LogP contribution in [0.15, 0.2) is 36.9 Å². The molecule has 1 aliphatic heterocycles. The van der Waals surface area contributed by atoms with Gasteiger partial charge in [0.15, 0.2) is 0 Å². The van der Waals surface area contributed by atoms with E-state index >= 15 is 0 Å². The number of nitrogens with two attached hydrogens (primary N) is 1. The van der Waals surface area contributed by atoms with E-state index in [2.05, 4.69) is 24.8 Å². The Hall–Kier alpha value is -3.27. The van der Waals surface area contributed by atoms with Gasteiger partial charge in [0.1, 0.15) is 16.9 Å². The number of pyridine rings is 3. The van der Waals surface area contributed by atoms with Gasteiger partial charge in [0.2, 0.25) is 0 Å². The summed E-state index contributed by atoms with van der Waals surface area (Å²) in [5.41, 5.74) is 7.84. The fraction of sp³-hybridized carbons (Fsp3) is 0.333. The first-order chi connectivity index (χ1) is 14.9. The van der Waals surface area contributed by atoms with Crippen molar-refractivity contribution in [3.05, 3.63) is 42.5 Å². The fourth-order valence-electron chi connectivity index (χ4n) is 4.04. The van der Waals surface area contributed by atoms with Crippen LogP contribution in [0.5, 0.6) is 0 Å². The van der Waals surface area contributed by atoms with Gasteiger partial charge in [-0.2, -0.15) is 13.2 Å². The maximum Gasteiger partial charge on any atom is 0.419 e. The molecule has 4 aromatic heterocycles.